The van der Waals surface area contributed by atoms with Gasteiger partial charge in [0, 0.05) is 0 Å². The molecule has 0 spiro atoms. The van der Waals surface area contributed by atoms with Crippen LogP contribution in [0.1, 0.15) is 39.7 Å². The Morgan fingerprint density at radius 1 is 1.00 bits per heavy atom. The van der Waals surface area contributed by atoms with E-state index in [1.807, 2.05) is 0 Å². The first-order valence-electron chi connectivity index (χ1n) is 5.20. The zero-order valence-corrected chi connectivity index (χ0v) is 9.38. The van der Waals surface area contributed by atoms with Gasteiger partial charge in [0.25, 0.3) is 0 Å². The standard InChI is InChI=1S/C9H12.C4H10/c1-2-6-9-7-4-3-5-8-9;1-4(2)3/h3-5,7-8H,2,6H2,1H3;4H,1-3H3. The summed E-state index contributed by atoms with van der Waals surface area (Å²) in [7, 11) is 0. The Hall–Kier alpha value is -0.780. The van der Waals surface area contributed by atoms with Crippen molar-refractivity contribution in [2.75, 3.05) is 0 Å². The Balaban J connectivity index is 0.000000310. The second-order valence-corrected chi connectivity index (χ2v) is 3.97. The fraction of sp³-hybridized carbons (Fsp3) is 0.538. The van der Waals surface area contributed by atoms with Gasteiger partial charge in [0.05, 0.1) is 0 Å². The number of hydrogen-bond donors (Lipinski definition) is 0. The molecule has 0 aliphatic heterocycles. The van der Waals surface area contributed by atoms with Gasteiger partial charge in [0.1, 0.15) is 0 Å². The fourth-order valence-electron chi connectivity index (χ4n) is 0.933. The van der Waals surface area contributed by atoms with Gasteiger partial charge in [-0.15, -0.1) is 0 Å². The first kappa shape index (κ1) is 12.2. The summed E-state index contributed by atoms with van der Waals surface area (Å²) in [4.78, 5) is 0. The van der Waals surface area contributed by atoms with E-state index in [4.69, 9.17) is 0 Å². The van der Waals surface area contributed by atoms with E-state index in [-0.39, 0.29) is 0 Å². The predicted molar refractivity (Wildman–Crippen MR) is 60.9 cm³/mol. The molecule has 1 aromatic rings. The molecule has 0 nitrogen and oxygen atoms in total. The highest BCUT2D eigenvalue weighted by Gasteiger charge is 1.84. The summed E-state index contributed by atoms with van der Waals surface area (Å²) in [6.07, 6.45) is 2.45. The van der Waals surface area contributed by atoms with Crippen molar-refractivity contribution in [1.29, 1.82) is 0 Å². The van der Waals surface area contributed by atoms with Crippen molar-refractivity contribution in [2.45, 2.75) is 40.5 Å². The molecule has 0 heterocycles. The predicted octanol–water partition coefficient (Wildman–Crippen LogP) is 4.30. The smallest absolute Gasteiger partial charge is 0.0281 e. The fourth-order valence-corrected chi connectivity index (χ4v) is 0.933. The molecule has 0 aromatic heterocycles. The van der Waals surface area contributed by atoms with Crippen LogP contribution in [0.25, 0.3) is 0 Å². The lowest BCUT2D eigenvalue weighted by molar-refractivity contribution is 0.737. The van der Waals surface area contributed by atoms with Crippen LogP contribution in [0.5, 0.6) is 0 Å². The summed E-state index contributed by atoms with van der Waals surface area (Å²) < 4.78 is 0. The van der Waals surface area contributed by atoms with Gasteiger partial charge < -0.3 is 0 Å². The molecule has 0 atom stereocenters. The number of rotatable bonds is 2. The Morgan fingerprint density at radius 2 is 1.46 bits per heavy atom. The summed E-state index contributed by atoms with van der Waals surface area (Å²) in [5.74, 6) is 0.833. The molecule has 13 heavy (non-hydrogen) atoms. The van der Waals surface area contributed by atoms with Crippen molar-refractivity contribution in [2.24, 2.45) is 5.92 Å². The van der Waals surface area contributed by atoms with Crippen molar-refractivity contribution >= 4 is 0 Å². The van der Waals surface area contributed by atoms with Crippen molar-refractivity contribution < 1.29 is 0 Å². The van der Waals surface area contributed by atoms with Gasteiger partial charge in [0.15, 0.2) is 0 Å². The Labute approximate surface area is 83.0 Å². The van der Waals surface area contributed by atoms with E-state index in [9.17, 15) is 0 Å². The average Bonchev–Trinajstić information content (AvgIpc) is 2.06. The molecule has 0 amide bonds. The molecule has 0 fully saturated rings. The molecule has 0 aliphatic rings. The third-order valence-electron chi connectivity index (χ3n) is 1.38. The van der Waals surface area contributed by atoms with Gasteiger partial charge in [-0.2, -0.15) is 0 Å². The van der Waals surface area contributed by atoms with Gasteiger partial charge in [0.2, 0.25) is 0 Å². The number of hydrogen-bond acceptors (Lipinski definition) is 0. The van der Waals surface area contributed by atoms with E-state index in [1.54, 1.807) is 0 Å². The molecule has 0 saturated carbocycles. The summed E-state index contributed by atoms with van der Waals surface area (Å²) in [6.45, 7) is 8.70. The van der Waals surface area contributed by atoms with Gasteiger partial charge in [-0.25, -0.2) is 0 Å². The molecule has 1 aromatic carbocycles. The van der Waals surface area contributed by atoms with E-state index in [0.29, 0.717) is 0 Å². The van der Waals surface area contributed by atoms with E-state index < -0.39 is 0 Å². The topological polar surface area (TPSA) is 0 Å². The van der Waals surface area contributed by atoms with Crippen LogP contribution in [0.2, 0.25) is 0 Å². The SMILES string of the molecule is CC(C)C.CCCc1ccccc1. The zero-order chi connectivity index (χ0) is 10.1. The van der Waals surface area contributed by atoms with Crippen molar-refractivity contribution in [3.8, 4) is 0 Å². The van der Waals surface area contributed by atoms with Gasteiger partial charge in [-0.05, 0) is 17.9 Å². The second-order valence-electron chi connectivity index (χ2n) is 3.97. The molecule has 1 rings (SSSR count). The quantitative estimate of drug-likeness (QED) is 0.633. The summed E-state index contributed by atoms with van der Waals surface area (Å²) in [5, 5.41) is 0. The minimum atomic E-state index is 0.833. The lowest BCUT2D eigenvalue weighted by Crippen LogP contribution is -1.78. The largest absolute Gasteiger partial charge is 0.0651 e. The van der Waals surface area contributed by atoms with E-state index >= 15 is 0 Å². The van der Waals surface area contributed by atoms with Crippen molar-refractivity contribution in [3.63, 3.8) is 0 Å². The molecule has 0 heteroatoms. The van der Waals surface area contributed by atoms with Crippen molar-refractivity contribution in [3.05, 3.63) is 35.9 Å². The van der Waals surface area contributed by atoms with E-state index in [0.717, 1.165) is 5.92 Å². The Morgan fingerprint density at radius 3 is 1.85 bits per heavy atom. The van der Waals surface area contributed by atoms with E-state index in [1.165, 1.54) is 18.4 Å². The number of benzene rings is 1. The van der Waals surface area contributed by atoms with E-state index in [2.05, 4.69) is 58.0 Å². The minimum Gasteiger partial charge on any atom is -0.0651 e. The molecule has 74 valence electrons. The molecule has 0 radical (unpaired) electrons. The molecular formula is C13H22. The first-order valence-corrected chi connectivity index (χ1v) is 5.20. The lowest BCUT2D eigenvalue weighted by atomic mass is 10.1. The van der Waals surface area contributed by atoms with Gasteiger partial charge in [-0.3, -0.25) is 0 Å². The number of aryl methyl sites for hydroxylation is 1. The van der Waals surface area contributed by atoms with Crippen LogP contribution in [0, 0.1) is 5.92 Å². The second kappa shape index (κ2) is 7.85. The average molecular weight is 178 g/mol. The van der Waals surface area contributed by atoms with Crippen LogP contribution < -0.4 is 0 Å². The van der Waals surface area contributed by atoms with Crippen LogP contribution in [0.3, 0.4) is 0 Å². The maximum Gasteiger partial charge on any atom is -0.0281 e. The van der Waals surface area contributed by atoms with Gasteiger partial charge >= 0.3 is 0 Å². The molecule has 0 unspecified atom stereocenters. The summed E-state index contributed by atoms with van der Waals surface area (Å²) in [5.41, 5.74) is 1.44. The molecular weight excluding hydrogens is 156 g/mol. The first-order chi connectivity index (χ1) is 6.16. The molecule has 0 N–H and O–H groups in total. The highest BCUT2D eigenvalue weighted by atomic mass is 13.9. The summed E-state index contributed by atoms with van der Waals surface area (Å²) >= 11 is 0. The normalized spacial score (nSPS) is 9.31. The van der Waals surface area contributed by atoms with Crippen LogP contribution in [-0.4, -0.2) is 0 Å². The minimum absolute atomic E-state index is 0.833. The molecule has 0 aliphatic carbocycles. The zero-order valence-electron chi connectivity index (χ0n) is 9.38. The van der Waals surface area contributed by atoms with Crippen LogP contribution >= 0.6 is 0 Å². The lowest BCUT2D eigenvalue weighted by Gasteiger charge is -1.93. The maximum absolute atomic E-state index is 2.20. The van der Waals surface area contributed by atoms with Gasteiger partial charge in [-0.1, -0.05) is 64.4 Å². The third kappa shape index (κ3) is 9.13. The maximum atomic E-state index is 2.20. The van der Waals surface area contributed by atoms with Crippen LogP contribution in [-0.2, 0) is 6.42 Å². The molecule has 0 saturated heterocycles. The van der Waals surface area contributed by atoms with Crippen LogP contribution in [0.4, 0.5) is 0 Å². The highest BCUT2D eigenvalue weighted by molar-refractivity contribution is 5.14. The molecule has 0 bridgehead atoms. The Bertz CT molecular complexity index is 184. The van der Waals surface area contributed by atoms with Crippen LogP contribution in [0.15, 0.2) is 30.3 Å². The third-order valence-corrected chi connectivity index (χ3v) is 1.38. The highest BCUT2D eigenvalue weighted by Crippen LogP contribution is 2.00. The summed E-state index contributed by atoms with van der Waals surface area (Å²) in [6, 6.07) is 10.6. The van der Waals surface area contributed by atoms with Crippen molar-refractivity contribution in [1.82, 2.24) is 0 Å². The monoisotopic (exact) mass is 178 g/mol. The Kier molecular flexibility index (Phi) is 7.38.